The fraction of sp³-hybridized carbons (Fsp3) is 0.364. The van der Waals surface area contributed by atoms with Crippen molar-refractivity contribution in [2.75, 3.05) is 19.7 Å². The van der Waals surface area contributed by atoms with E-state index in [-0.39, 0.29) is 30.2 Å². The Balaban J connectivity index is 1.38. The first-order valence-corrected chi connectivity index (χ1v) is 10.2. The van der Waals surface area contributed by atoms with Crippen LogP contribution in [0.1, 0.15) is 28.8 Å². The Labute approximate surface area is 179 Å². The molecule has 4 rings (SSSR count). The molecule has 1 saturated heterocycles. The summed E-state index contributed by atoms with van der Waals surface area (Å²) < 4.78 is 11.5. The minimum absolute atomic E-state index is 0.0384. The molecule has 1 N–H and O–H groups in total. The summed E-state index contributed by atoms with van der Waals surface area (Å²) >= 11 is 0. The van der Waals surface area contributed by atoms with Crippen molar-refractivity contribution in [3.63, 3.8) is 0 Å². The van der Waals surface area contributed by atoms with E-state index in [0.717, 1.165) is 0 Å². The van der Waals surface area contributed by atoms with Gasteiger partial charge < -0.3 is 19.7 Å². The molecule has 2 unspecified atom stereocenters. The lowest BCUT2D eigenvalue weighted by Gasteiger charge is -2.28. The Morgan fingerprint density at radius 1 is 1.23 bits per heavy atom. The summed E-state index contributed by atoms with van der Waals surface area (Å²) in [6.07, 6.45) is 0.961. The zero-order chi connectivity index (χ0) is 22.0. The van der Waals surface area contributed by atoms with Gasteiger partial charge in [0.1, 0.15) is 18.8 Å². The first kappa shape index (κ1) is 20.6. The van der Waals surface area contributed by atoms with Gasteiger partial charge in [0.15, 0.2) is 11.5 Å². The van der Waals surface area contributed by atoms with Gasteiger partial charge in [-0.15, -0.1) is 0 Å². The Morgan fingerprint density at radius 3 is 2.74 bits per heavy atom. The van der Waals surface area contributed by atoms with Gasteiger partial charge in [0, 0.05) is 23.7 Å². The van der Waals surface area contributed by atoms with Gasteiger partial charge in [-0.05, 0) is 44.0 Å². The number of hydrogen-bond acceptors (Lipinski definition) is 6. The first-order valence-electron chi connectivity index (χ1n) is 10.2. The molecule has 0 saturated carbocycles. The zero-order valence-electron chi connectivity index (χ0n) is 17.1. The third kappa shape index (κ3) is 4.30. The Hall–Kier alpha value is -3.62. The summed E-state index contributed by atoms with van der Waals surface area (Å²) in [4.78, 5) is 37.8. The van der Waals surface area contributed by atoms with E-state index in [2.05, 4.69) is 5.32 Å². The Morgan fingerprint density at radius 2 is 2.00 bits per heavy atom. The number of carbonyl (C=O) groups is 2. The predicted molar refractivity (Wildman–Crippen MR) is 111 cm³/mol. The first-order chi connectivity index (χ1) is 14.9. The van der Waals surface area contributed by atoms with Gasteiger partial charge in [0.25, 0.3) is 11.6 Å². The number of likely N-dealkylation sites (tertiary alicyclic amines) is 1. The average Bonchev–Trinajstić information content (AvgIpc) is 3.26. The molecule has 162 valence electrons. The number of nitro groups is 1. The fourth-order valence-corrected chi connectivity index (χ4v) is 3.94. The summed E-state index contributed by atoms with van der Waals surface area (Å²) in [7, 11) is 0. The van der Waals surface area contributed by atoms with Crippen LogP contribution >= 0.6 is 0 Å². The summed E-state index contributed by atoms with van der Waals surface area (Å²) in [6, 6.07) is 11.0. The van der Waals surface area contributed by atoms with Crippen molar-refractivity contribution in [1.29, 1.82) is 0 Å². The lowest BCUT2D eigenvalue weighted by molar-refractivity contribution is -0.385. The SMILES string of the molecule is Cc1cc(C(=O)N2CCCC2C(=O)NCC2COc3ccccc3O2)ccc1[N+](=O)[O-]. The van der Waals surface area contributed by atoms with Crippen molar-refractivity contribution in [3.8, 4) is 11.5 Å². The largest absolute Gasteiger partial charge is 0.486 e. The Kier molecular flexibility index (Phi) is 5.75. The van der Waals surface area contributed by atoms with E-state index in [1.165, 1.54) is 23.1 Å². The molecular formula is C22H23N3O6. The highest BCUT2D eigenvalue weighted by atomic mass is 16.6. The third-order valence-electron chi connectivity index (χ3n) is 5.53. The van der Waals surface area contributed by atoms with Crippen LogP contribution in [-0.2, 0) is 4.79 Å². The molecular weight excluding hydrogens is 402 g/mol. The van der Waals surface area contributed by atoms with Gasteiger partial charge >= 0.3 is 0 Å². The molecule has 9 heteroatoms. The van der Waals surface area contributed by atoms with E-state index >= 15 is 0 Å². The van der Waals surface area contributed by atoms with Crippen LogP contribution < -0.4 is 14.8 Å². The molecule has 0 radical (unpaired) electrons. The second-order valence-electron chi connectivity index (χ2n) is 7.66. The summed E-state index contributed by atoms with van der Waals surface area (Å²) in [5, 5.41) is 13.9. The molecule has 2 aromatic carbocycles. The second kappa shape index (κ2) is 8.63. The number of nitrogens with zero attached hydrogens (tertiary/aromatic N) is 2. The number of benzene rings is 2. The number of ether oxygens (including phenoxy) is 2. The van der Waals surface area contributed by atoms with E-state index in [4.69, 9.17) is 9.47 Å². The van der Waals surface area contributed by atoms with Crippen LogP contribution in [0.4, 0.5) is 5.69 Å². The third-order valence-corrected chi connectivity index (χ3v) is 5.53. The molecule has 2 aromatic rings. The number of rotatable bonds is 5. The van der Waals surface area contributed by atoms with Crippen LogP contribution in [0.2, 0.25) is 0 Å². The average molecular weight is 425 g/mol. The van der Waals surface area contributed by atoms with Crippen molar-refractivity contribution < 1.29 is 24.0 Å². The molecule has 2 aliphatic rings. The van der Waals surface area contributed by atoms with E-state index in [1.54, 1.807) is 6.92 Å². The number of fused-ring (bicyclic) bond motifs is 1. The minimum atomic E-state index is -0.584. The number of amides is 2. The monoisotopic (exact) mass is 425 g/mol. The van der Waals surface area contributed by atoms with Crippen LogP contribution in [0.25, 0.3) is 0 Å². The normalized spacial score (nSPS) is 19.7. The maximum Gasteiger partial charge on any atom is 0.272 e. The maximum atomic E-state index is 13.0. The van der Waals surface area contributed by atoms with Crippen LogP contribution in [0, 0.1) is 17.0 Å². The van der Waals surface area contributed by atoms with E-state index in [1.807, 2.05) is 24.3 Å². The summed E-state index contributed by atoms with van der Waals surface area (Å²) in [5.74, 6) is 0.768. The minimum Gasteiger partial charge on any atom is -0.486 e. The predicted octanol–water partition coefficient (Wildman–Crippen LogP) is 2.46. The van der Waals surface area contributed by atoms with Crippen LogP contribution in [-0.4, -0.2) is 53.5 Å². The van der Waals surface area contributed by atoms with Gasteiger partial charge in [-0.2, -0.15) is 0 Å². The van der Waals surface area contributed by atoms with E-state index in [9.17, 15) is 19.7 Å². The number of nitro benzene ring substituents is 1. The quantitative estimate of drug-likeness (QED) is 0.582. The van der Waals surface area contributed by atoms with E-state index < -0.39 is 11.0 Å². The molecule has 2 atom stereocenters. The van der Waals surface area contributed by atoms with Crippen LogP contribution in [0.15, 0.2) is 42.5 Å². The zero-order valence-corrected chi connectivity index (χ0v) is 17.1. The number of aryl methyl sites for hydroxylation is 1. The topological polar surface area (TPSA) is 111 Å². The smallest absolute Gasteiger partial charge is 0.272 e. The van der Waals surface area contributed by atoms with E-state index in [0.29, 0.717) is 48.6 Å². The molecule has 0 bridgehead atoms. The van der Waals surface area contributed by atoms with Gasteiger partial charge in [-0.3, -0.25) is 19.7 Å². The standard InChI is InChI=1S/C22H23N3O6/c1-14-11-15(8-9-17(14)25(28)29)22(27)24-10-4-5-18(24)21(26)23-12-16-13-30-19-6-2-3-7-20(19)31-16/h2-3,6-9,11,16,18H,4-5,10,12-13H2,1H3,(H,23,26). The van der Waals surface area contributed by atoms with Crippen LogP contribution in [0.3, 0.4) is 0 Å². The van der Waals surface area contributed by atoms with Gasteiger partial charge in [-0.1, -0.05) is 12.1 Å². The molecule has 2 heterocycles. The highest BCUT2D eigenvalue weighted by Crippen LogP contribution is 2.30. The fourth-order valence-electron chi connectivity index (χ4n) is 3.94. The summed E-state index contributed by atoms with van der Waals surface area (Å²) in [5.41, 5.74) is 0.706. The number of nitrogens with one attached hydrogen (secondary N) is 1. The lowest BCUT2D eigenvalue weighted by atomic mass is 10.1. The van der Waals surface area contributed by atoms with Gasteiger partial charge in [0.2, 0.25) is 5.91 Å². The molecule has 1 fully saturated rings. The van der Waals surface area contributed by atoms with Gasteiger partial charge in [0.05, 0.1) is 11.5 Å². The lowest BCUT2D eigenvalue weighted by Crippen LogP contribution is -2.49. The van der Waals surface area contributed by atoms with Crippen molar-refractivity contribution >= 4 is 17.5 Å². The molecule has 0 aromatic heterocycles. The molecule has 31 heavy (non-hydrogen) atoms. The molecule has 0 spiro atoms. The molecule has 0 aliphatic carbocycles. The van der Waals surface area contributed by atoms with Crippen molar-refractivity contribution in [3.05, 3.63) is 63.7 Å². The molecule has 2 aliphatic heterocycles. The van der Waals surface area contributed by atoms with Crippen molar-refractivity contribution in [1.82, 2.24) is 10.2 Å². The second-order valence-corrected chi connectivity index (χ2v) is 7.66. The van der Waals surface area contributed by atoms with Crippen molar-refractivity contribution in [2.24, 2.45) is 0 Å². The number of para-hydroxylation sites is 2. The maximum absolute atomic E-state index is 13.0. The van der Waals surface area contributed by atoms with Gasteiger partial charge in [-0.25, -0.2) is 0 Å². The highest BCUT2D eigenvalue weighted by molar-refractivity contribution is 5.98. The number of hydrogen-bond donors (Lipinski definition) is 1. The highest BCUT2D eigenvalue weighted by Gasteiger charge is 2.35. The molecule has 9 nitrogen and oxygen atoms in total. The van der Waals surface area contributed by atoms with Crippen LogP contribution in [0.5, 0.6) is 11.5 Å². The molecule has 2 amide bonds. The van der Waals surface area contributed by atoms with Crippen molar-refractivity contribution in [2.45, 2.75) is 31.9 Å². The number of carbonyl (C=O) groups excluding carboxylic acids is 2. The summed E-state index contributed by atoms with van der Waals surface area (Å²) in [6.45, 7) is 2.64. The Bertz CT molecular complexity index is 1020.